The van der Waals surface area contributed by atoms with Gasteiger partial charge in [0.15, 0.2) is 0 Å². The summed E-state index contributed by atoms with van der Waals surface area (Å²) in [5.41, 5.74) is 4.94. The second-order valence-corrected chi connectivity index (χ2v) is 6.59. The van der Waals surface area contributed by atoms with Crippen molar-refractivity contribution in [2.75, 3.05) is 19.8 Å². The Hall–Kier alpha value is -2.02. The molecule has 0 spiro atoms. The summed E-state index contributed by atoms with van der Waals surface area (Å²) >= 11 is 0. The van der Waals surface area contributed by atoms with E-state index < -0.39 is 28.9 Å². The summed E-state index contributed by atoms with van der Waals surface area (Å²) in [5, 5.41) is 2.76. The summed E-state index contributed by atoms with van der Waals surface area (Å²) in [7, 11) is 0. The molecule has 0 bridgehead atoms. The Morgan fingerprint density at radius 2 is 2.00 bits per heavy atom. The minimum absolute atomic E-state index is 0.152. The van der Waals surface area contributed by atoms with E-state index >= 15 is 0 Å². The maximum atomic E-state index is 13.8. The molecule has 130 valence electrons. The number of benzene rings is 1. The topological polar surface area (TPSA) is 81.4 Å². The van der Waals surface area contributed by atoms with Crippen LogP contribution in [0.2, 0.25) is 0 Å². The Morgan fingerprint density at radius 3 is 2.67 bits per heavy atom. The number of carbonyl (C=O) groups is 2. The van der Waals surface area contributed by atoms with E-state index in [-0.39, 0.29) is 23.9 Å². The van der Waals surface area contributed by atoms with Crippen LogP contribution >= 0.6 is 0 Å². The van der Waals surface area contributed by atoms with Gasteiger partial charge >= 0.3 is 0 Å². The molecule has 3 rings (SSSR count). The Kier molecular flexibility index (Phi) is 4.54. The second kappa shape index (κ2) is 6.47. The van der Waals surface area contributed by atoms with Crippen molar-refractivity contribution in [1.29, 1.82) is 0 Å². The summed E-state index contributed by atoms with van der Waals surface area (Å²) in [6, 6.07) is 3.26. The highest BCUT2D eigenvalue weighted by molar-refractivity contribution is 5.85. The lowest BCUT2D eigenvalue weighted by Gasteiger charge is -2.34. The van der Waals surface area contributed by atoms with E-state index in [2.05, 4.69) is 5.32 Å². The fourth-order valence-electron chi connectivity index (χ4n) is 3.29. The molecule has 2 fully saturated rings. The van der Waals surface area contributed by atoms with Crippen LogP contribution in [-0.4, -0.2) is 31.6 Å². The fraction of sp³-hybridized carbons (Fsp3) is 0.529. The van der Waals surface area contributed by atoms with Crippen LogP contribution in [0.25, 0.3) is 0 Å². The number of nitrogens with one attached hydrogen (secondary N) is 1. The normalized spacial score (nSPS) is 25.1. The van der Waals surface area contributed by atoms with Crippen molar-refractivity contribution in [2.45, 2.75) is 25.2 Å². The molecular formula is C17H20F2N2O3. The van der Waals surface area contributed by atoms with Gasteiger partial charge in [-0.3, -0.25) is 9.59 Å². The third-order valence-electron chi connectivity index (χ3n) is 5.06. The number of ether oxygens (including phenoxy) is 1. The number of hydrogen-bond acceptors (Lipinski definition) is 3. The van der Waals surface area contributed by atoms with Gasteiger partial charge in [-0.2, -0.15) is 0 Å². The molecule has 1 saturated heterocycles. The molecule has 1 saturated carbocycles. The third kappa shape index (κ3) is 3.26. The molecule has 7 heteroatoms. The van der Waals surface area contributed by atoms with Gasteiger partial charge in [-0.1, -0.05) is 0 Å². The number of amides is 2. The zero-order valence-corrected chi connectivity index (χ0v) is 13.2. The molecule has 5 nitrogen and oxygen atoms in total. The zero-order chi connectivity index (χ0) is 17.3. The summed E-state index contributed by atoms with van der Waals surface area (Å²) in [4.78, 5) is 24.0. The van der Waals surface area contributed by atoms with Gasteiger partial charge in [-0.15, -0.1) is 0 Å². The van der Waals surface area contributed by atoms with Crippen molar-refractivity contribution in [2.24, 2.45) is 17.1 Å². The van der Waals surface area contributed by atoms with Crippen molar-refractivity contribution >= 4 is 11.8 Å². The molecule has 2 amide bonds. The van der Waals surface area contributed by atoms with Crippen molar-refractivity contribution in [1.82, 2.24) is 5.32 Å². The Morgan fingerprint density at radius 1 is 1.29 bits per heavy atom. The molecule has 1 aromatic carbocycles. The Balaban J connectivity index is 1.60. The third-order valence-corrected chi connectivity index (χ3v) is 5.06. The fourth-order valence-corrected chi connectivity index (χ4v) is 3.29. The highest BCUT2D eigenvalue weighted by Crippen LogP contribution is 2.48. The van der Waals surface area contributed by atoms with Crippen LogP contribution in [0, 0.1) is 23.0 Å². The minimum Gasteiger partial charge on any atom is -0.381 e. The van der Waals surface area contributed by atoms with E-state index in [9.17, 15) is 18.4 Å². The first-order valence-corrected chi connectivity index (χ1v) is 8.03. The monoisotopic (exact) mass is 338 g/mol. The molecule has 2 atom stereocenters. The van der Waals surface area contributed by atoms with Gasteiger partial charge in [-0.05, 0) is 48.9 Å². The number of hydrogen-bond donors (Lipinski definition) is 2. The molecule has 1 aliphatic carbocycles. The number of halogens is 2. The van der Waals surface area contributed by atoms with Crippen LogP contribution in [0.15, 0.2) is 18.2 Å². The van der Waals surface area contributed by atoms with Crippen LogP contribution < -0.4 is 11.1 Å². The standard InChI is InChI=1S/C17H20F2N2O3/c18-10-1-2-14(19)12(7-10)11-8-13(11)15(22)21-9-17(16(20)23)3-5-24-6-4-17/h1-2,7,11,13H,3-6,8-9H2,(H2,20,23)(H,21,22)/t11-,13+/m1/s1. The number of rotatable bonds is 5. The quantitative estimate of drug-likeness (QED) is 0.853. The molecule has 1 aromatic rings. The Labute approximate surface area is 138 Å². The summed E-state index contributed by atoms with van der Waals surface area (Å²) in [5.74, 6) is -2.45. The van der Waals surface area contributed by atoms with Gasteiger partial charge in [0.2, 0.25) is 11.8 Å². The molecule has 24 heavy (non-hydrogen) atoms. The number of carbonyl (C=O) groups excluding carboxylic acids is 2. The van der Waals surface area contributed by atoms with E-state index in [1.54, 1.807) is 0 Å². The van der Waals surface area contributed by atoms with Crippen molar-refractivity contribution in [3.63, 3.8) is 0 Å². The smallest absolute Gasteiger partial charge is 0.225 e. The van der Waals surface area contributed by atoms with Gasteiger partial charge in [-0.25, -0.2) is 8.78 Å². The first-order chi connectivity index (χ1) is 11.4. The molecule has 0 aromatic heterocycles. The van der Waals surface area contributed by atoms with Crippen LogP contribution in [0.5, 0.6) is 0 Å². The van der Waals surface area contributed by atoms with Crippen LogP contribution in [0.1, 0.15) is 30.7 Å². The van der Waals surface area contributed by atoms with Gasteiger partial charge < -0.3 is 15.8 Å². The first-order valence-electron chi connectivity index (χ1n) is 8.03. The van der Waals surface area contributed by atoms with Gasteiger partial charge in [0, 0.05) is 25.7 Å². The van der Waals surface area contributed by atoms with Crippen LogP contribution in [0.3, 0.4) is 0 Å². The van der Waals surface area contributed by atoms with Crippen molar-refractivity contribution in [3.8, 4) is 0 Å². The SMILES string of the molecule is NC(=O)C1(CNC(=O)[C@H]2C[C@@H]2c2cc(F)ccc2F)CCOCC1. The first kappa shape index (κ1) is 16.8. The van der Waals surface area contributed by atoms with Gasteiger partial charge in [0.25, 0.3) is 0 Å². The van der Waals surface area contributed by atoms with Crippen LogP contribution in [0.4, 0.5) is 8.78 Å². The molecule has 0 radical (unpaired) electrons. The highest BCUT2D eigenvalue weighted by atomic mass is 19.1. The van der Waals surface area contributed by atoms with E-state index in [1.165, 1.54) is 0 Å². The number of nitrogens with two attached hydrogens (primary N) is 1. The van der Waals surface area contributed by atoms with Crippen LogP contribution in [-0.2, 0) is 14.3 Å². The molecule has 3 N–H and O–H groups in total. The average molecular weight is 338 g/mol. The largest absolute Gasteiger partial charge is 0.381 e. The van der Waals surface area contributed by atoms with E-state index in [4.69, 9.17) is 10.5 Å². The maximum absolute atomic E-state index is 13.8. The predicted molar refractivity (Wildman–Crippen MR) is 81.9 cm³/mol. The number of primary amides is 1. The maximum Gasteiger partial charge on any atom is 0.225 e. The molecule has 1 aliphatic heterocycles. The molecule has 0 unspecified atom stereocenters. The second-order valence-electron chi connectivity index (χ2n) is 6.59. The lowest BCUT2D eigenvalue weighted by atomic mass is 9.79. The van der Waals surface area contributed by atoms with E-state index in [0.717, 1.165) is 18.2 Å². The molecular weight excluding hydrogens is 318 g/mol. The predicted octanol–water partition coefficient (Wildman–Crippen LogP) is 1.47. The Bertz CT molecular complexity index is 659. The van der Waals surface area contributed by atoms with Crippen molar-refractivity contribution in [3.05, 3.63) is 35.4 Å². The van der Waals surface area contributed by atoms with E-state index in [0.29, 0.717) is 32.5 Å². The van der Waals surface area contributed by atoms with Gasteiger partial charge in [0.1, 0.15) is 11.6 Å². The highest BCUT2D eigenvalue weighted by Gasteiger charge is 2.46. The molecule has 1 heterocycles. The lowest BCUT2D eigenvalue weighted by Crippen LogP contribution is -2.49. The summed E-state index contributed by atoms with van der Waals surface area (Å²) < 4.78 is 32.3. The minimum atomic E-state index is -0.789. The lowest BCUT2D eigenvalue weighted by molar-refractivity contribution is -0.134. The summed E-state index contributed by atoms with van der Waals surface area (Å²) in [6.45, 7) is 1.01. The van der Waals surface area contributed by atoms with Crippen molar-refractivity contribution < 1.29 is 23.1 Å². The van der Waals surface area contributed by atoms with Gasteiger partial charge in [0.05, 0.1) is 5.41 Å². The van der Waals surface area contributed by atoms with E-state index in [1.807, 2.05) is 0 Å². The average Bonchev–Trinajstić information content (AvgIpc) is 3.36. The molecule has 2 aliphatic rings. The zero-order valence-electron chi connectivity index (χ0n) is 13.2. The summed E-state index contributed by atoms with van der Waals surface area (Å²) in [6.07, 6.45) is 1.41.